The van der Waals surface area contributed by atoms with Crippen molar-refractivity contribution in [1.82, 2.24) is 0 Å². The average molecular weight is 308 g/mol. The lowest BCUT2D eigenvalue weighted by atomic mass is 9.91. The summed E-state index contributed by atoms with van der Waals surface area (Å²) in [6, 6.07) is 12.2. The number of rotatable bonds is 3. The third-order valence-electron chi connectivity index (χ3n) is 2.82. The maximum atomic E-state index is 13.8. The Kier molecular flexibility index (Phi) is 4.39. The second kappa shape index (κ2) is 6.04. The second-order valence-corrected chi connectivity index (χ2v) is 4.86. The van der Waals surface area contributed by atoms with E-state index in [0.717, 1.165) is 6.07 Å². The van der Waals surface area contributed by atoms with Crippen LogP contribution in [0.4, 0.5) is 4.39 Å². The van der Waals surface area contributed by atoms with Crippen LogP contribution in [0.1, 0.15) is 21.8 Å². The molecule has 0 spiro atoms. The SMILES string of the molecule is N#CC(C(=O)c1c(F)cccc1Cl)c1ccccc1Cl. The maximum absolute atomic E-state index is 13.8. The van der Waals surface area contributed by atoms with E-state index < -0.39 is 17.5 Å². The van der Waals surface area contributed by atoms with E-state index in [0.29, 0.717) is 5.56 Å². The maximum Gasteiger partial charge on any atom is 0.188 e. The average Bonchev–Trinajstić information content (AvgIpc) is 2.41. The highest BCUT2D eigenvalue weighted by Crippen LogP contribution is 2.30. The Morgan fingerprint density at radius 1 is 1.10 bits per heavy atom. The van der Waals surface area contributed by atoms with Gasteiger partial charge in [-0.2, -0.15) is 5.26 Å². The molecule has 2 aromatic carbocycles. The molecule has 0 aliphatic carbocycles. The van der Waals surface area contributed by atoms with Crippen molar-refractivity contribution in [2.24, 2.45) is 0 Å². The highest BCUT2D eigenvalue weighted by Gasteiger charge is 2.27. The molecule has 2 nitrogen and oxygen atoms in total. The van der Waals surface area contributed by atoms with Gasteiger partial charge >= 0.3 is 0 Å². The zero-order valence-corrected chi connectivity index (χ0v) is 11.6. The number of benzene rings is 2. The fourth-order valence-corrected chi connectivity index (χ4v) is 2.36. The lowest BCUT2D eigenvalue weighted by Crippen LogP contribution is -2.14. The van der Waals surface area contributed by atoms with Crippen LogP contribution < -0.4 is 0 Å². The van der Waals surface area contributed by atoms with Gasteiger partial charge in [0.2, 0.25) is 0 Å². The predicted octanol–water partition coefficient (Wildman–Crippen LogP) is 4.62. The smallest absolute Gasteiger partial charge is 0.188 e. The molecule has 0 aliphatic rings. The van der Waals surface area contributed by atoms with Crippen LogP contribution >= 0.6 is 23.2 Å². The normalized spacial score (nSPS) is 11.7. The van der Waals surface area contributed by atoms with E-state index in [1.165, 1.54) is 12.1 Å². The highest BCUT2D eigenvalue weighted by atomic mass is 35.5. The zero-order valence-electron chi connectivity index (χ0n) is 10.1. The first-order valence-electron chi connectivity index (χ1n) is 5.68. The minimum Gasteiger partial charge on any atom is -0.292 e. The molecule has 0 saturated heterocycles. The molecule has 0 saturated carbocycles. The van der Waals surface area contributed by atoms with Crippen molar-refractivity contribution >= 4 is 29.0 Å². The molecular formula is C15H8Cl2FNO. The number of ketones is 1. The van der Waals surface area contributed by atoms with Crippen LogP contribution in [0.2, 0.25) is 10.0 Å². The third kappa shape index (κ3) is 2.67. The number of halogens is 3. The van der Waals surface area contributed by atoms with Crippen molar-refractivity contribution in [2.75, 3.05) is 0 Å². The van der Waals surface area contributed by atoms with Crippen LogP contribution in [-0.2, 0) is 0 Å². The fraction of sp³-hybridized carbons (Fsp3) is 0.0667. The van der Waals surface area contributed by atoms with E-state index in [9.17, 15) is 14.4 Å². The Morgan fingerprint density at radius 3 is 2.35 bits per heavy atom. The Bertz CT molecular complexity index is 689. The Morgan fingerprint density at radius 2 is 1.75 bits per heavy atom. The van der Waals surface area contributed by atoms with Gasteiger partial charge in [0.25, 0.3) is 0 Å². The molecule has 0 amide bonds. The molecule has 2 aromatic rings. The van der Waals surface area contributed by atoms with Gasteiger partial charge in [-0.15, -0.1) is 0 Å². The zero-order chi connectivity index (χ0) is 14.7. The van der Waals surface area contributed by atoms with E-state index in [1.807, 2.05) is 6.07 Å². The largest absolute Gasteiger partial charge is 0.292 e. The van der Waals surface area contributed by atoms with Gasteiger partial charge in [-0.1, -0.05) is 47.5 Å². The molecular weight excluding hydrogens is 300 g/mol. The van der Waals surface area contributed by atoms with Crippen LogP contribution in [-0.4, -0.2) is 5.78 Å². The van der Waals surface area contributed by atoms with Gasteiger partial charge in [0, 0.05) is 5.02 Å². The van der Waals surface area contributed by atoms with E-state index >= 15 is 0 Å². The minimum absolute atomic E-state index is 0.0256. The number of carbonyl (C=O) groups is 1. The highest BCUT2D eigenvalue weighted by molar-refractivity contribution is 6.35. The first-order valence-corrected chi connectivity index (χ1v) is 6.44. The van der Waals surface area contributed by atoms with Crippen molar-refractivity contribution in [1.29, 1.82) is 5.26 Å². The quantitative estimate of drug-likeness (QED) is 0.776. The minimum atomic E-state index is -1.20. The van der Waals surface area contributed by atoms with Gasteiger partial charge in [-0.3, -0.25) is 4.79 Å². The van der Waals surface area contributed by atoms with Gasteiger partial charge in [-0.25, -0.2) is 4.39 Å². The van der Waals surface area contributed by atoms with Crippen LogP contribution in [0.3, 0.4) is 0 Å². The number of hydrogen-bond acceptors (Lipinski definition) is 2. The monoisotopic (exact) mass is 307 g/mol. The number of nitriles is 1. The summed E-state index contributed by atoms with van der Waals surface area (Å²) >= 11 is 11.8. The summed E-state index contributed by atoms with van der Waals surface area (Å²) in [7, 11) is 0. The number of nitrogens with zero attached hydrogens (tertiary/aromatic N) is 1. The number of Topliss-reactive ketones (excluding diaryl/α,β-unsaturated/α-hetero) is 1. The number of hydrogen-bond donors (Lipinski definition) is 0. The molecule has 2 rings (SSSR count). The summed E-state index contributed by atoms with van der Waals surface area (Å²) in [5, 5.41) is 9.47. The molecule has 0 aliphatic heterocycles. The summed E-state index contributed by atoms with van der Waals surface area (Å²) in [6.07, 6.45) is 0. The van der Waals surface area contributed by atoms with E-state index in [1.54, 1.807) is 24.3 Å². The summed E-state index contributed by atoms with van der Waals surface area (Å²) < 4.78 is 13.8. The van der Waals surface area contributed by atoms with Crippen molar-refractivity contribution < 1.29 is 9.18 Å². The van der Waals surface area contributed by atoms with Crippen LogP contribution in [0.25, 0.3) is 0 Å². The first-order chi connectivity index (χ1) is 9.56. The Labute approximate surface area is 125 Å². The van der Waals surface area contributed by atoms with Crippen molar-refractivity contribution in [3.63, 3.8) is 0 Å². The standard InChI is InChI=1S/C15H8Cl2FNO/c16-11-5-2-1-4-9(11)10(8-19)15(20)14-12(17)6-3-7-13(14)18/h1-7,10H. The molecule has 1 atom stereocenters. The molecule has 0 bridgehead atoms. The summed E-state index contributed by atoms with van der Waals surface area (Å²) in [4.78, 5) is 12.4. The van der Waals surface area contributed by atoms with Crippen molar-refractivity contribution in [2.45, 2.75) is 5.92 Å². The molecule has 1 unspecified atom stereocenters. The molecule has 5 heteroatoms. The molecule has 0 N–H and O–H groups in total. The van der Waals surface area contributed by atoms with E-state index in [-0.39, 0.29) is 15.6 Å². The first kappa shape index (κ1) is 14.5. The molecule has 0 aromatic heterocycles. The second-order valence-electron chi connectivity index (χ2n) is 4.04. The molecule has 0 fully saturated rings. The lowest BCUT2D eigenvalue weighted by molar-refractivity contribution is 0.0975. The van der Waals surface area contributed by atoms with Gasteiger partial charge in [-0.05, 0) is 23.8 Å². The Balaban J connectivity index is 2.52. The van der Waals surface area contributed by atoms with Crippen LogP contribution in [0, 0.1) is 17.1 Å². The van der Waals surface area contributed by atoms with Gasteiger partial charge in [0.1, 0.15) is 11.7 Å². The van der Waals surface area contributed by atoms with E-state index in [4.69, 9.17) is 23.2 Å². The summed E-state index contributed by atoms with van der Waals surface area (Å²) in [5.74, 6) is -2.66. The predicted molar refractivity (Wildman–Crippen MR) is 75.5 cm³/mol. The van der Waals surface area contributed by atoms with Gasteiger partial charge < -0.3 is 0 Å². The van der Waals surface area contributed by atoms with Crippen molar-refractivity contribution in [3.8, 4) is 6.07 Å². The topological polar surface area (TPSA) is 40.9 Å². The van der Waals surface area contributed by atoms with Crippen LogP contribution in [0.15, 0.2) is 42.5 Å². The fourth-order valence-electron chi connectivity index (χ4n) is 1.86. The molecule has 20 heavy (non-hydrogen) atoms. The van der Waals surface area contributed by atoms with Gasteiger partial charge in [0.05, 0.1) is 16.7 Å². The summed E-state index contributed by atoms with van der Waals surface area (Å²) in [6.45, 7) is 0. The molecule has 0 radical (unpaired) electrons. The summed E-state index contributed by atoms with van der Waals surface area (Å²) in [5.41, 5.74) is 0.0432. The Hall–Kier alpha value is -1.89. The van der Waals surface area contributed by atoms with Crippen molar-refractivity contribution in [3.05, 3.63) is 69.5 Å². The van der Waals surface area contributed by atoms with Gasteiger partial charge in [0.15, 0.2) is 5.78 Å². The molecule has 0 heterocycles. The van der Waals surface area contributed by atoms with Crippen LogP contribution in [0.5, 0.6) is 0 Å². The third-order valence-corrected chi connectivity index (χ3v) is 3.48. The lowest BCUT2D eigenvalue weighted by Gasteiger charge is -2.12. The van der Waals surface area contributed by atoms with E-state index in [2.05, 4.69) is 0 Å². The molecule has 100 valence electrons. The number of carbonyl (C=O) groups excluding carboxylic acids is 1.